The fourth-order valence-electron chi connectivity index (χ4n) is 2.62. The Hall–Kier alpha value is -3.50. The van der Waals surface area contributed by atoms with Gasteiger partial charge in [0.05, 0.1) is 17.8 Å². The Morgan fingerprint density at radius 3 is 2.63 bits per heavy atom. The molecule has 156 valence electrons. The van der Waals surface area contributed by atoms with E-state index in [9.17, 15) is 9.59 Å². The molecule has 0 radical (unpaired) electrons. The summed E-state index contributed by atoms with van der Waals surface area (Å²) in [7, 11) is 1.47. The molecule has 0 atom stereocenters. The number of nitrogens with one attached hydrogen (secondary N) is 1. The van der Waals surface area contributed by atoms with Crippen LogP contribution < -0.4 is 14.8 Å². The molecule has 0 bridgehead atoms. The first-order valence-electron chi connectivity index (χ1n) is 8.93. The minimum absolute atomic E-state index is 0.104. The molecule has 0 unspecified atom stereocenters. The second kappa shape index (κ2) is 10.9. The fraction of sp³-hybridized carbons (Fsp3) is 0.227. The molecule has 0 aliphatic heterocycles. The molecule has 2 rings (SSSR count). The maximum atomic E-state index is 12.1. The Labute approximate surface area is 179 Å². The maximum absolute atomic E-state index is 12.1. The standard InChI is InChI=1S/C22H21ClN2O5/c1-14-10-15(2)22(17(23)11-14)25-20(26)13-30-21(27)7-5-16-4-6-18(29-9-8-24)19(12-16)28-3/h4-7,10-12H,9,13H2,1-3H3,(H,25,26)/b7-5+. The summed E-state index contributed by atoms with van der Waals surface area (Å²) in [5.74, 6) is -0.335. The van der Waals surface area contributed by atoms with Gasteiger partial charge in [-0.15, -0.1) is 0 Å². The summed E-state index contributed by atoms with van der Waals surface area (Å²) in [5, 5.41) is 11.7. The average molecular weight is 429 g/mol. The molecule has 0 aliphatic carbocycles. The lowest BCUT2D eigenvalue weighted by molar-refractivity contribution is -0.142. The summed E-state index contributed by atoms with van der Waals surface area (Å²) in [4.78, 5) is 24.0. The normalized spacial score (nSPS) is 10.4. The minimum atomic E-state index is -0.680. The van der Waals surface area contributed by atoms with Gasteiger partial charge in [-0.3, -0.25) is 4.79 Å². The number of halogens is 1. The van der Waals surface area contributed by atoms with Crippen molar-refractivity contribution in [3.63, 3.8) is 0 Å². The van der Waals surface area contributed by atoms with Crippen LogP contribution in [0.3, 0.4) is 0 Å². The predicted octanol–water partition coefficient (Wildman–Crippen LogP) is 4.06. The number of carbonyl (C=O) groups is 2. The molecule has 0 aliphatic rings. The Kier molecular flexibility index (Phi) is 8.27. The van der Waals surface area contributed by atoms with Crippen LogP contribution >= 0.6 is 11.6 Å². The predicted molar refractivity (Wildman–Crippen MR) is 114 cm³/mol. The van der Waals surface area contributed by atoms with Crippen LogP contribution in [0, 0.1) is 25.2 Å². The van der Waals surface area contributed by atoms with Crippen molar-refractivity contribution in [2.45, 2.75) is 13.8 Å². The third kappa shape index (κ3) is 6.54. The summed E-state index contributed by atoms with van der Waals surface area (Å²) in [5.41, 5.74) is 2.94. The first kappa shape index (κ1) is 22.8. The molecule has 2 aromatic carbocycles. The van der Waals surface area contributed by atoms with E-state index in [1.54, 1.807) is 24.3 Å². The molecule has 0 saturated heterocycles. The van der Waals surface area contributed by atoms with E-state index >= 15 is 0 Å². The zero-order chi connectivity index (χ0) is 22.1. The molecular weight excluding hydrogens is 408 g/mol. The number of amides is 1. The molecule has 0 aromatic heterocycles. The number of methoxy groups -OCH3 is 1. The number of esters is 1. The second-order valence-electron chi connectivity index (χ2n) is 6.28. The van der Waals surface area contributed by atoms with Crippen molar-refractivity contribution in [1.82, 2.24) is 0 Å². The highest BCUT2D eigenvalue weighted by atomic mass is 35.5. The van der Waals surface area contributed by atoms with E-state index in [-0.39, 0.29) is 6.61 Å². The first-order valence-corrected chi connectivity index (χ1v) is 9.31. The number of anilines is 1. The van der Waals surface area contributed by atoms with Gasteiger partial charge < -0.3 is 19.5 Å². The van der Waals surface area contributed by atoms with Crippen LogP contribution in [0.5, 0.6) is 11.5 Å². The van der Waals surface area contributed by atoms with Gasteiger partial charge in [-0.1, -0.05) is 23.7 Å². The molecule has 2 aromatic rings. The molecule has 7 nitrogen and oxygen atoms in total. The highest BCUT2D eigenvalue weighted by Crippen LogP contribution is 2.29. The van der Waals surface area contributed by atoms with Gasteiger partial charge in [-0.2, -0.15) is 5.26 Å². The number of benzene rings is 2. The van der Waals surface area contributed by atoms with Gasteiger partial charge >= 0.3 is 5.97 Å². The van der Waals surface area contributed by atoms with E-state index in [0.717, 1.165) is 11.1 Å². The monoisotopic (exact) mass is 428 g/mol. The third-order valence-electron chi connectivity index (χ3n) is 3.93. The zero-order valence-electron chi connectivity index (χ0n) is 16.8. The third-order valence-corrected chi connectivity index (χ3v) is 4.23. The molecule has 0 spiro atoms. The van der Waals surface area contributed by atoms with Gasteiger partial charge in [-0.25, -0.2) is 4.79 Å². The van der Waals surface area contributed by atoms with Crippen molar-refractivity contribution >= 4 is 35.2 Å². The van der Waals surface area contributed by atoms with Gasteiger partial charge in [0, 0.05) is 6.08 Å². The van der Waals surface area contributed by atoms with Crippen LogP contribution in [0.1, 0.15) is 16.7 Å². The SMILES string of the molecule is COc1cc(/C=C/C(=O)OCC(=O)Nc2c(C)cc(C)cc2Cl)ccc1OCC#N. The number of ether oxygens (including phenoxy) is 3. The number of hydrogen-bond donors (Lipinski definition) is 1. The highest BCUT2D eigenvalue weighted by Gasteiger charge is 2.11. The van der Waals surface area contributed by atoms with Crippen LogP contribution in [0.2, 0.25) is 5.02 Å². The van der Waals surface area contributed by atoms with Crippen molar-refractivity contribution in [2.75, 3.05) is 25.6 Å². The molecule has 0 fully saturated rings. The lowest BCUT2D eigenvalue weighted by Gasteiger charge is -2.11. The van der Waals surface area contributed by atoms with Crippen molar-refractivity contribution in [3.05, 3.63) is 58.1 Å². The Morgan fingerprint density at radius 1 is 1.20 bits per heavy atom. The summed E-state index contributed by atoms with van der Waals surface area (Å²) in [6.07, 6.45) is 2.71. The Bertz CT molecular complexity index is 988. The van der Waals surface area contributed by atoms with E-state index < -0.39 is 18.5 Å². The zero-order valence-corrected chi connectivity index (χ0v) is 17.6. The van der Waals surface area contributed by atoms with Crippen LogP contribution in [0.15, 0.2) is 36.4 Å². The first-order chi connectivity index (χ1) is 14.3. The number of hydrogen-bond acceptors (Lipinski definition) is 6. The van der Waals surface area contributed by atoms with E-state index in [1.807, 2.05) is 26.0 Å². The number of rotatable bonds is 8. The van der Waals surface area contributed by atoms with Crippen molar-refractivity contribution in [2.24, 2.45) is 0 Å². The van der Waals surface area contributed by atoms with Gasteiger partial charge in [0.25, 0.3) is 5.91 Å². The van der Waals surface area contributed by atoms with Crippen LogP contribution in [-0.2, 0) is 14.3 Å². The lowest BCUT2D eigenvalue weighted by atomic mass is 10.1. The topological polar surface area (TPSA) is 97.7 Å². The quantitative estimate of drug-likeness (QED) is 0.503. The van der Waals surface area contributed by atoms with Crippen molar-refractivity contribution < 1.29 is 23.8 Å². The molecule has 0 saturated carbocycles. The summed E-state index contributed by atoms with van der Waals surface area (Å²) < 4.78 is 15.4. The Morgan fingerprint density at radius 2 is 1.97 bits per heavy atom. The van der Waals surface area contributed by atoms with Crippen molar-refractivity contribution in [1.29, 1.82) is 5.26 Å². The largest absolute Gasteiger partial charge is 0.493 e. The lowest BCUT2D eigenvalue weighted by Crippen LogP contribution is -2.20. The van der Waals surface area contributed by atoms with Crippen molar-refractivity contribution in [3.8, 4) is 17.6 Å². The fourth-order valence-corrected chi connectivity index (χ4v) is 2.98. The molecule has 30 heavy (non-hydrogen) atoms. The van der Waals surface area contributed by atoms with Gasteiger partial charge in [0.1, 0.15) is 6.07 Å². The molecular formula is C22H21ClN2O5. The second-order valence-corrected chi connectivity index (χ2v) is 6.69. The van der Waals surface area contributed by atoms with Crippen LogP contribution in [0.25, 0.3) is 6.08 Å². The Balaban J connectivity index is 1.92. The minimum Gasteiger partial charge on any atom is -0.493 e. The van der Waals surface area contributed by atoms with E-state index in [4.69, 9.17) is 31.1 Å². The average Bonchev–Trinajstić information content (AvgIpc) is 2.71. The highest BCUT2D eigenvalue weighted by molar-refractivity contribution is 6.34. The van der Waals surface area contributed by atoms with Crippen LogP contribution in [0.4, 0.5) is 5.69 Å². The van der Waals surface area contributed by atoms with E-state index in [2.05, 4.69) is 5.32 Å². The smallest absolute Gasteiger partial charge is 0.331 e. The summed E-state index contributed by atoms with van der Waals surface area (Å²) in [6.45, 7) is 3.18. The van der Waals surface area contributed by atoms with Gasteiger partial charge in [0.2, 0.25) is 0 Å². The van der Waals surface area contributed by atoms with Gasteiger partial charge in [0.15, 0.2) is 24.7 Å². The van der Waals surface area contributed by atoms with Gasteiger partial charge in [-0.05, 0) is 54.8 Å². The van der Waals surface area contributed by atoms with E-state index in [0.29, 0.717) is 27.8 Å². The summed E-state index contributed by atoms with van der Waals surface area (Å²) in [6, 6.07) is 10.5. The molecule has 1 amide bonds. The molecule has 0 heterocycles. The molecule has 1 N–H and O–H groups in total. The van der Waals surface area contributed by atoms with E-state index in [1.165, 1.54) is 19.3 Å². The summed E-state index contributed by atoms with van der Waals surface area (Å²) >= 11 is 6.15. The number of carbonyl (C=O) groups excluding carboxylic acids is 2. The van der Waals surface area contributed by atoms with Crippen LogP contribution in [-0.4, -0.2) is 32.2 Å². The number of nitriles is 1. The molecule has 8 heteroatoms. The number of nitrogens with zero attached hydrogens (tertiary/aromatic N) is 1. The number of aryl methyl sites for hydroxylation is 2. The maximum Gasteiger partial charge on any atom is 0.331 e.